The van der Waals surface area contributed by atoms with Crippen LogP contribution in [0.4, 0.5) is 16.6 Å². The number of hydrogen-bond donors (Lipinski definition) is 1. The lowest BCUT2D eigenvalue weighted by molar-refractivity contribution is 0.313. The fourth-order valence-corrected chi connectivity index (χ4v) is 3.92. The Balaban J connectivity index is 1.80. The van der Waals surface area contributed by atoms with Crippen molar-refractivity contribution in [3.63, 3.8) is 0 Å². The Morgan fingerprint density at radius 1 is 1.34 bits per heavy atom. The van der Waals surface area contributed by atoms with Gasteiger partial charge in [0.2, 0.25) is 0 Å². The smallest absolute Gasteiger partial charge is 0.183 e. The maximum absolute atomic E-state index is 9.61. The van der Waals surface area contributed by atoms with Crippen LogP contribution < -0.4 is 10.2 Å². The number of anilines is 2. The van der Waals surface area contributed by atoms with Crippen LogP contribution in [0.3, 0.4) is 0 Å². The fourth-order valence-electron chi connectivity index (χ4n) is 2.98. The number of aromatic nitrogens is 2. The van der Waals surface area contributed by atoms with Gasteiger partial charge in [0.1, 0.15) is 11.8 Å². The molecule has 8 nitrogen and oxygen atoms in total. The normalized spacial score (nSPS) is 15.9. The molecule has 1 aliphatic rings. The number of nitriles is 1. The number of pyridine rings is 1. The highest BCUT2D eigenvalue weighted by atomic mass is 32.1. The van der Waals surface area contributed by atoms with Crippen LogP contribution in [0, 0.1) is 18.3 Å². The Hall–Kier alpha value is -3.09. The quantitative estimate of drug-likeness (QED) is 0.583. The molecule has 9 heteroatoms. The van der Waals surface area contributed by atoms with Gasteiger partial charge in [-0.3, -0.25) is 4.99 Å². The standard InChI is InChI=1S/C20H24N8S/c1-14-19(29-20(23-3)26-14)18(22-2)15(11-21)12-24-17-6-5-16(13-25-17)28-9-7-27(4)8-10-28/h5-6,12-13H,2,7-10H2,1,3-4H3,(H,23,26)/b18-15-,24-12-. The zero-order chi connectivity index (χ0) is 20.8. The van der Waals surface area contributed by atoms with Gasteiger partial charge in [0.15, 0.2) is 10.9 Å². The number of hydrogen-bond acceptors (Lipinski definition) is 9. The van der Waals surface area contributed by atoms with Crippen molar-refractivity contribution in [3.05, 3.63) is 34.5 Å². The van der Waals surface area contributed by atoms with E-state index in [0.29, 0.717) is 17.1 Å². The molecule has 1 saturated heterocycles. The van der Waals surface area contributed by atoms with E-state index in [2.05, 4.69) is 54.9 Å². The van der Waals surface area contributed by atoms with Crippen molar-refractivity contribution in [2.24, 2.45) is 9.98 Å². The first kappa shape index (κ1) is 20.6. The third-order valence-electron chi connectivity index (χ3n) is 4.69. The number of thiazole rings is 1. The van der Waals surface area contributed by atoms with Crippen LogP contribution in [0.25, 0.3) is 5.70 Å². The first-order valence-electron chi connectivity index (χ1n) is 9.26. The fraction of sp³-hybridized carbons (Fsp3) is 0.350. The summed E-state index contributed by atoms with van der Waals surface area (Å²) in [6.45, 7) is 9.55. The average molecular weight is 409 g/mol. The molecule has 0 unspecified atom stereocenters. The molecule has 0 saturated carbocycles. The van der Waals surface area contributed by atoms with E-state index in [4.69, 9.17) is 0 Å². The van der Waals surface area contributed by atoms with Crippen molar-refractivity contribution in [1.82, 2.24) is 14.9 Å². The van der Waals surface area contributed by atoms with Gasteiger partial charge in [-0.2, -0.15) is 5.26 Å². The largest absolute Gasteiger partial charge is 0.368 e. The molecular weight excluding hydrogens is 384 g/mol. The number of nitrogens with zero attached hydrogens (tertiary/aromatic N) is 7. The van der Waals surface area contributed by atoms with E-state index in [0.717, 1.165) is 47.6 Å². The van der Waals surface area contributed by atoms with Gasteiger partial charge in [0, 0.05) is 39.4 Å². The highest BCUT2D eigenvalue weighted by Gasteiger charge is 2.15. The van der Waals surface area contributed by atoms with Gasteiger partial charge >= 0.3 is 0 Å². The van der Waals surface area contributed by atoms with Gasteiger partial charge in [-0.15, -0.1) is 0 Å². The van der Waals surface area contributed by atoms with Crippen molar-refractivity contribution in [1.29, 1.82) is 5.26 Å². The Kier molecular flexibility index (Phi) is 6.69. The van der Waals surface area contributed by atoms with E-state index < -0.39 is 0 Å². The number of nitrogens with one attached hydrogen (secondary N) is 1. The van der Waals surface area contributed by atoms with Crippen molar-refractivity contribution in [3.8, 4) is 6.07 Å². The predicted octanol–water partition coefficient (Wildman–Crippen LogP) is 2.98. The molecule has 2 aromatic heterocycles. The number of likely N-dealkylation sites (N-methyl/N-ethyl adjacent to an activating group) is 1. The Morgan fingerprint density at radius 3 is 2.66 bits per heavy atom. The highest BCUT2D eigenvalue weighted by molar-refractivity contribution is 7.16. The van der Waals surface area contributed by atoms with Crippen LogP contribution in [-0.4, -0.2) is 68.1 Å². The van der Waals surface area contributed by atoms with E-state index in [1.807, 2.05) is 25.3 Å². The molecule has 0 atom stereocenters. The Labute approximate surface area is 175 Å². The van der Waals surface area contributed by atoms with Crippen LogP contribution in [0.1, 0.15) is 10.6 Å². The summed E-state index contributed by atoms with van der Waals surface area (Å²) in [4.78, 5) is 22.7. The second-order valence-electron chi connectivity index (χ2n) is 6.64. The highest BCUT2D eigenvalue weighted by Crippen LogP contribution is 2.31. The summed E-state index contributed by atoms with van der Waals surface area (Å²) in [5.74, 6) is 0.538. The van der Waals surface area contributed by atoms with Crippen LogP contribution in [-0.2, 0) is 0 Å². The van der Waals surface area contributed by atoms with E-state index >= 15 is 0 Å². The third-order valence-corrected chi connectivity index (χ3v) is 5.87. The van der Waals surface area contributed by atoms with Crippen molar-refractivity contribution >= 4 is 46.6 Å². The van der Waals surface area contributed by atoms with E-state index in [1.165, 1.54) is 17.6 Å². The van der Waals surface area contributed by atoms with E-state index in [-0.39, 0.29) is 0 Å². The lowest BCUT2D eigenvalue weighted by Crippen LogP contribution is -2.44. The summed E-state index contributed by atoms with van der Waals surface area (Å²) in [6.07, 6.45) is 3.31. The van der Waals surface area contributed by atoms with Gasteiger partial charge in [-0.05, 0) is 32.8 Å². The SMILES string of the molecule is C=N/C(=C(C#N)\C=N/c1ccc(N2CCN(C)CC2)cn1)c1sc(NC)nc1C. The van der Waals surface area contributed by atoms with Crippen LogP contribution in [0.15, 0.2) is 33.9 Å². The molecule has 0 aromatic carbocycles. The maximum atomic E-state index is 9.61. The van der Waals surface area contributed by atoms with Gasteiger partial charge < -0.3 is 15.1 Å². The molecule has 0 amide bonds. The minimum Gasteiger partial charge on any atom is -0.368 e. The molecular formula is C20H24N8S. The van der Waals surface area contributed by atoms with Crippen molar-refractivity contribution < 1.29 is 0 Å². The molecule has 0 radical (unpaired) electrons. The molecule has 0 bridgehead atoms. The third kappa shape index (κ3) is 4.85. The maximum Gasteiger partial charge on any atom is 0.183 e. The predicted molar refractivity (Wildman–Crippen MR) is 121 cm³/mol. The number of aliphatic imine (C=N–C) groups is 2. The summed E-state index contributed by atoms with van der Waals surface area (Å²) < 4.78 is 0. The molecule has 0 spiro atoms. The molecule has 1 aliphatic heterocycles. The van der Waals surface area contributed by atoms with Crippen LogP contribution in [0.2, 0.25) is 0 Å². The topological polar surface area (TPSA) is 92.8 Å². The summed E-state index contributed by atoms with van der Waals surface area (Å²) in [7, 11) is 3.93. The zero-order valence-electron chi connectivity index (χ0n) is 16.9. The lowest BCUT2D eigenvalue weighted by Gasteiger charge is -2.33. The van der Waals surface area contributed by atoms with Gasteiger partial charge in [-0.25, -0.2) is 15.0 Å². The molecule has 3 heterocycles. The summed E-state index contributed by atoms with van der Waals surface area (Å²) in [6, 6.07) is 6.03. The molecule has 0 aliphatic carbocycles. The van der Waals surface area contributed by atoms with Crippen molar-refractivity contribution in [2.75, 3.05) is 50.5 Å². The van der Waals surface area contributed by atoms with Gasteiger partial charge in [-0.1, -0.05) is 11.3 Å². The molecule has 150 valence electrons. The Morgan fingerprint density at radius 2 is 2.10 bits per heavy atom. The first-order chi connectivity index (χ1) is 14.0. The van der Waals surface area contributed by atoms with Crippen molar-refractivity contribution in [2.45, 2.75) is 6.92 Å². The monoisotopic (exact) mass is 408 g/mol. The second-order valence-corrected chi connectivity index (χ2v) is 7.64. The van der Waals surface area contributed by atoms with Crippen LogP contribution in [0.5, 0.6) is 0 Å². The minimum absolute atomic E-state index is 0.319. The molecule has 1 N–H and O–H groups in total. The summed E-state index contributed by atoms with van der Waals surface area (Å²) >= 11 is 1.42. The van der Waals surface area contributed by atoms with Gasteiger partial charge in [0.05, 0.1) is 28.0 Å². The summed E-state index contributed by atoms with van der Waals surface area (Å²) in [5.41, 5.74) is 2.67. The van der Waals surface area contributed by atoms with E-state index in [9.17, 15) is 5.26 Å². The second kappa shape index (κ2) is 9.41. The minimum atomic E-state index is 0.319. The molecule has 1 fully saturated rings. The number of allylic oxidation sites excluding steroid dienone is 1. The summed E-state index contributed by atoms with van der Waals surface area (Å²) in [5, 5.41) is 13.4. The number of rotatable bonds is 6. The molecule has 3 rings (SSSR count). The lowest BCUT2D eigenvalue weighted by atomic mass is 10.2. The van der Waals surface area contributed by atoms with Crippen LogP contribution >= 0.6 is 11.3 Å². The number of piperazine rings is 1. The molecule has 2 aromatic rings. The number of aryl methyl sites for hydroxylation is 1. The Bertz CT molecular complexity index is 959. The van der Waals surface area contributed by atoms with Gasteiger partial charge in [0.25, 0.3) is 0 Å². The van der Waals surface area contributed by atoms with E-state index in [1.54, 1.807) is 7.05 Å². The average Bonchev–Trinajstić information content (AvgIpc) is 3.12. The molecule has 29 heavy (non-hydrogen) atoms. The first-order valence-corrected chi connectivity index (χ1v) is 10.1. The zero-order valence-corrected chi connectivity index (χ0v) is 17.7.